The van der Waals surface area contributed by atoms with Crippen molar-refractivity contribution in [3.05, 3.63) is 140 Å². The summed E-state index contributed by atoms with van der Waals surface area (Å²) in [5.41, 5.74) is 2.42. The number of nitrogens with one attached hydrogen (secondary N) is 9. The molecule has 9 aromatic heterocycles. The van der Waals surface area contributed by atoms with Gasteiger partial charge >= 0.3 is 0 Å². The monoisotopic (exact) mass is 1360 g/mol. The lowest BCUT2D eigenvalue weighted by molar-refractivity contribution is 0.0448. The Labute approximate surface area is 565 Å². The van der Waals surface area contributed by atoms with E-state index < -0.39 is 18.3 Å². The molecule has 0 saturated heterocycles. The predicted molar refractivity (Wildman–Crippen MR) is 366 cm³/mol. The summed E-state index contributed by atoms with van der Waals surface area (Å²) in [6, 6.07) is 14.8. The molecule has 6 aliphatic rings. The third kappa shape index (κ3) is 15.7. The highest BCUT2D eigenvalue weighted by molar-refractivity contribution is 6.02. The summed E-state index contributed by atoms with van der Waals surface area (Å²) < 4.78 is 26.3. The molecule has 6 fully saturated rings. The van der Waals surface area contributed by atoms with Gasteiger partial charge in [0.05, 0.1) is 93.2 Å². The van der Waals surface area contributed by atoms with E-state index in [0.717, 1.165) is 57.8 Å². The van der Waals surface area contributed by atoms with E-state index in [-0.39, 0.29) is 69.2 Å². The maximum Gasteiger partial charge on any atom is 0.274 e. The molecule has 0 aliphatic heterocycles. The molecule has 9 heterocycles. The molecule has 99 heavy (non-hydrogen) atoms. The summed E-state index contributed by atoms with van der Waals surface area (Å²) in [7, 11) is 5.21. The van der Waals surface area contributed by atoms with E-state index in [1.165, 1.54) is 32.1 Å². The number of carbonyl (C=O) groups excluding carboxylic acids is 3. The van der Waals surface area contributed by atoms with Gasteiger partial charge < -0.3 is 91.1 Å². The zero-order valence-corrected chi connectivity index (χ0v) is 55.0. The number of carbonyl (C=O) groups is 3. The minimum atomic E-state index is -0.524. The van der Waals surface area contributed by atoms with Crippen molar-refractivity contribution in [3.63, 3.8) is 0 Å². The van der Waals surface area contributed by atoms with Crippen LogP contribution in [0.25, 0.3) is 16.9 Å². The van der Waals surface area contributed by atoms with Gasteiger partial charge in [-0.15, -0.1) is 0 Å². The number of aromatic nitrogens is 12. The number of aliphatic hydroxyl groups excluding tert-OH is 3. The third-order valence-electron chi connectivity index (χ3n) is 18.1. The minimum Gasteiger partial charge on any atom is -0.391 e. The maximum absolute atomic E-state index is 12.9. The number of anilines is 9. The van der Waals surface area contributed by atoms with Gasteiger partial charge in [0.1, 0.15) is 68.7 Å². The fourth-order valence-electron chi connectivity index (χ4n) is 11.3. The number of hydrogen-bond donors (Lipinski definition) is 12. The summed E-state index contributed by atoms with van der Waals surface area (Å²) in [5.74, 6) is 1.94. The van der Waals surface area contributed by atoms with Gasteiger partial charge in [-0.3, -0.25) is 28.8 Å². The van der Waals surface area contributed by atoms with Crippen LogP contribution in [-0.2, 0) is 33.8 Å². The molecule has 0 bridgehead atoms. The molecule has 33 heteroatoms. The van der Waals surface area contributed by atoms with Crippen molar-refractivity contribution in [2.75, 3.05) is 72.9 Å². The number of pyridine rings is 3. The Morgan fingerprint density at radius 2 is 0.717 bits per heavy atom. The second-order valence-corrected chi connectivity index (χ2v) is 25.2. The van der Waals surface area contributed by atoms with Crippen LogP contribution in [0.3, 0.4) is 0 Å². The second kappa shape index (κ2) is 29.8. The Hall–Kier alpha value is -10.3. The fraction of sp³-hybridized carbons (Fsp3) is 0.455. The highest BCUT2D eigenvalue weighted by atomic mass is 16.5. The van der Waals surface area contributed by atoms with E-state index in [1.54, 1.807) is 108 Å². The first-order chi connectivity index (χ1) is 48.1. The molecule has 0 unspecified atom stereocenters. The van der Waals surface area contributed by atoms with Crippen molar-refractivity contribution in [1.82, 2.24) is 73.4 Å². The molecule has 0 aromatic carbocycles. The molecule has 6 saturated carbocycles. The summed E-state index contributed by atoms with van der Waals surface area (Å²) in [6.07, 6.45) is 19.8. The predicted octanol–water partition coefficient (Wildman–Crippen LogP) is 3.33. The molecule has 0 spiro atoms. The van der Waals surface area contributed by atoms with Crippen LogP contribution >= 0.6 is 0 Å². The standard InChI is InChI=1S/3C22H27N7O4/c3*1-23-19-11-18(25-16-3-2-8-28(22(16)32)9-10-33-13-4-5-13)27-20-14(12-24-29(19)20)21(31)26-15-6-7-17(15)30/h3*2-3,8,11-13,15,17,23,30H,4-7,9-10H2,1H3,(H,25,27)(H,26,31)/t3*15-,17-/m110/s1. The molecule has 9 aromatic rings. The first kappa shape index (κ1) is 67.3. The van der Waals surface area contributed by atoms with Crippen LogP contribution in [0, 0.1) is 0 Å². The van der Waals surface area contributed by atoms with E-state index in [9.17, 15) is 44.1 Å². The summed E-state index contributed by atoms with van der Waals surface area (Å²) in [6.45, 7) is 2.89. The van der Waals surface area contributed by atoms with Gasteiger partial charge in [-0.25, -0.2) is 15.0 Å². The van der Waals surface area contributed by atoms with Gasteiger partial charge in [-0.1, -0.05) is 0 Å². The Morgan fingerprint density at radius 3 is 0.949 bits per heavy atom. The number of rotatable bonds is 27. The first-order valence-electron chi connectivity index (χ1n) is 33.5. The zero-order chi connectivity index (χ0) is 68.8. The average Bonchev–Trinajstić information content (AvgIpc) is 1.68. The quantitative estimate of drug-likeness (QED) is 0.0351. The number of ether oxygens (including phenoxy) is 3. The minimum absolute atomic E-state index is 0.185. The summed E-state index contributed by atoms with van der Waals surface area (Å²) in [5, 5.41) is 69.0. The van der Waals surface area contributed by atoms with Gasteiger partial charge in [-0.2, -0.15) is 28.8 Å². The van der Waals surface area contributed by atoms with Gasteiger partial charge in [-0.05, 0) is 113 Å². The van der Waals surface area contributed by atoms with E-state index in [4.69, 9.17) is 14.2 Å². The topological polar surface area (TPSA) is 404 Å². The largest absolute Gasteiger partial charge is 0.391 e. The first-order valence-corrected chi connectivity index (χ1v) is 33.5. The highest BCUT2D eigenvalue weighted by Gasteiger charge is 2.34. The molecule has 3 amide bonds. The second-order valence-electron chi connectivity index (χ2n) is 25.2. The Bertz CT molecular complexity index is 4150. The Balaban J connectivity index is 0.000000133. The van der Waals surface area contributed by atoms with Crippen LogP contribution in [0.5, 0.6) is 0 Å². The van der Waals surface area contributed by atoms with Crippen molar-refractivity contribution in [2.45, 2.75) is 151 Å². The summed E-state index contributed by atoms with van der Waals surface area (Å²) >= 11 is 0. The molecule has 33 nitrogen and oxygen atoms in total. The van der Waals surface area contributed by atoms with E-state index in [0.29, 0.717) is 146 Å². The number of aliphatic hydroxyl groups is 3. The third-order valence-corrected chi connectivity index (χ3v) is 18.1. The number of nitrogens with zero attached hydrogens (tertiary/aromatic N) is 12. The van der Waals surface area contributed by atoms with Crippen molar-refractivity contribution in [2.24, 2.45) is 0 Å². The fourth-order valence-corrected chi connectivity index (χ4v) is 11.3. The molecular formula is C66H81N21O12. The smallest absolute Gasteiger partial charge is 0.274 e. The molecule has 6 aliphatic carbocycles. The van der Waals surface area contributed by atoms with Crippen molar-refractivity contribution in [3.8, 4) is 0 Å². The van der Waals surface area contributed by atoms with Crippen LogP contribution in [0.15, 0.2) is 106 Å². The lowest BCUT2D eigenvalue weighted by Crippen LogP contribution is -2.50. The normalized spacial score (nSPS) is 19.8. The van der Waals surface area contributed by atoms with Crippen molar-refractivity contribution in [1.29, 1.82) is 0 Å². The molecule has 0 radical (unpaired) electrons. The zero-order valence-electron chi connectivity index (χ0n) is 55.0. The number of amides is 3. The Kier molecular flexibility index (Phi) is 20.2. The lowest BCUT2D eigenvalue weighted by atomic mass is 9.89. The van der Waals surface area contributed by atoms with E-state index in [1.807, 2.05) is 0 Å². The van der Waals surface area contributed by atoms with Gasteiger partial charge in [0.25, 0.3) is 34.4 Å². The number of hydrogen-bond acceptors (Lipinski definition) is 24. The van der Waals surface area contributed by atoms with Crippen LogP contribution in [0.4, 0.5) is 52.0 Å². The molecule has 12 N–H and O–H groups in total. The molecular weight excluding hydrogens is 1280 g/mol. The number of fused-ring (bicyclic) bond motifs is 3. The SMILES string of the molecule is CNc1cc(Nc2cccn(CCOC3CC3)c2=O)nc2c(C(=O)N[C@@H]3CC[C@H]3O)cnn12.CNc1cc(Nc2cccn(CCOC3CC3)c2=O)nc2c(C(=O)N[C@@H]3CC[C@H]3O)cnn12.CNc1cc(Nc2cccn(CCOC3CC3)c2=O)nc2c(C(=O)N[C@H]3CC[C@@H]3O)cnn12. The van der Waals surface area contributed by atoms with E-state index in [2.05, 4.69) is 78.1 Å². The molecule has 6 atom stereocenters. The van der Waals surface area contributed by atoms with Gasteiger partial charge in [0, 0.05) is 77.6 Å². The van der Waals surface area contributed by atoms with Crippen molar-refractivity contribution < 1.29 is 43.9 Å². The maximum atomic E-state index is 12.9. The van der Waals surface area contributed by atoms with Crippen LogP contribution in [0.2, 0.25) is 0 Å². The molecule has 15 rings (SSSR count). The van der Waals surface area contributed by atoms with Crippen LogP contribution < -0.4 is 64.5 Å². The Morgan fingerprint density at radius 1 is 0.434 bits per heavy atom. The highest BCUT2D eigenvalue weighted by Crippen LogP contribution is 2.29. The lowest BCUT2D eigenvalue weighted by Gasteiger charge is -2.32. The van der Waals surface area contributed by atoms with Gasteiger partial charge in [0.15, 0.2) is 16.9 Å². The molecule has 522 valence electrons. The van der Waals surface area contributed by atoms with Crippen LogP contribution in [-0.4, -0.2) is 186 Å². The van der Waals surface area contributed by atoms with E-state index >= 15 is 0 Å². The van der Waals surface area contributed by atoms with Crippen molar-refractivity contribution >= 4 is 86.6 Å². The van der Waals surface area contributed by atoms with Crippen LogP contribution in [0.1, 0.15) is 108 Å². The van der Waals surface area contributed by atoms with Gasteiger partial charge in [0.2, 0.25) is 0 Å². The summed E-state index contributed by atoms with van der Waals surface area (Å²) in [4.78, 5) is 90.6. The average molecular weight is 1360 g/mol.